The second kappa shape index (κ2) is 4.80. The van der Waals surface area contributed by atoms with Crippen LogP contribution in [0.5, 0.6) is 0 Å². The summed E-state index contributed by atoms with van der Waals surface area (Å²) in [5, 5.41) is 6.51. The van der Waals surface area contributed by atoms with E-state index in [-0.39, 0.29) is 11.7 Å². The van der Waals surface area contributed by atoms with Gasteiger partial charge in [0.2, 0.25) is 0 Å². The standard InChI is InChI=1S/C10H19N5O/c11-6-2-1-3-8(12)9-13-14-10(16)15(9)7-4-5-7/h7-8H,1-6,11-12H2,(H,14,16)/t8-/m0/s1. The van der Waals surface area contributed by atoms with E-state index in [1.54, 1.807) is 4.57 Å². The molecule has 90 valence electrons. The van der Waals surface area contributed by atoms with Crippen molar-refractivity contribution in [2.75, 3.05) is 6.54 Å². The van der Waals surface area contributed by atoms with Gasteiger partial charge < -0.3 is 11.5 Å². The van der Waals surface area contributed by atoms with Crippen LogP contribution < -0.4 is 17.2 Å². The van der Waals surface area contributed by atoms with E-state index in [0.29, 0.717) is 18.4 Å². The van der Waals surface area contributed by atoms with E-state index < -0.39 is 0 Å². The van der Waals surface area contributed by atoms with Gasteiger partial charge in [-0.15, -0.1) is 0 Å². The summed E-state index contributed by atoms with van der Waals surface area (Å²) in [6.45, 7) is 0.683. The van der Waals surface area contributed by atoms with Crippen molar-refractivity contribution in [1.82, 2.24) is 14.8 Å². The molecule has 16 heavy (non-hydrogen) atoms. The molecule has 1 aromatic rings. The Morgan fingerprint density at radius 2 is 2.25 bits per heavy atom. The van der Waals surface area contributed by atoms with Gasteiger partial charge in [-0.1, -0.05) is 6.42 Å². The van der Waals surface area contributed by atoms with Crippen molar-refractivity contribution in [1.29, 1.82) is 0 Å². The zero-order valence-electron chi connectivity index (χ0n) is 9.35. The van der Waals surface area contributed by atoms with Gasteiger partial charge >= 0.3 is 5.69 Å². The predicted octanol–water partition coefficient (Wildman–Crippen LogP) is 0.0351. The number of nitrogens with zero attached hydrogens (tertiary/aromatic N) is 2. The van der Waals surface area contributed by atoms with Gasteiger partial charge in [-0.2, -0.15) is 5.10 Å². The normalized spacial score (nSPS) is 17.6. The molecule has 5 N–H and O–H groups in total. The number of hydrogen-bond donors (Lipinski definition) is 3. The van der Waals surface area contributed by atoms with Crippen molar-refractivity contribution in [2.45, 2.75) is 44.2 Å². The molecule has 0 unspecified atom stereocenters. The average Bonchev–Trinajstić information content (AvgIpc) is 3.02. The molecule has 0 amide bonds. The molecule has 0 aromatic carbocycles. The molecule has 1 aromatic heterocycles. The van der Waals surface area contributed by atoms with E-state index >= 15 is 0 Å². The SMILES string of the molecule is NCCCC[C@H](N)c1n[nH]c(=O)n1C1CC1. The summed E-state index contributed by atoms with van der Waals surface area (Å²) < 4.78 is 1.72. The molecule has 6 heteroatoms. The van der Waals surface area contributed by atoms with E-state index in [2.05, 4.69) is 10.2 Å². The maximum Gasteiger partial charge on any atom is 0.343 e. The topological polar surface area (TPSA) is 103 Å². The average molecular weight is 225 g/mol. The number of H-pyrrole nitrogens is 1. The lowest BCUT2D eigenvalue weighted by atomic mass is 10.1. The van der Waals surface area contributed by atoms with Gasteiger partial charge in [0, 0.05) is 6.04 Å². The molecule has 0 radical (unpaired) electrons. The van der Waals surface area contributed by atoms with Crippen LogP contribution in [0.15, 0.2) is 4.79 Å². The monoisotopic (exact) mass is 225 g/mol. The van der Waals surface area contributed by atoms with Crippen LogP contribution >= 0.6 is 0 Å². The van der Waals surface area contributed by atoms with Crippen molar-refractivity contribution in [2.24, 2.45) is 11.5 Å². The molecule has 1 heterocycles. The van der Waals surface area contributed by atoms with Crippen LogP contribution in [0.4, 0.5) is 0 Å². The fraction of sp³-hybridized carbons (Fsp3) is 0.800. The van der Waals surface area contributed by atoms with Gasteiger partial charge in [0.05, 0.1) is 6.04 Å². The highest BCUT2D eigenvalue weighted by Crippen LogP contribution is 2.35. The molecule has 1 aliphatic rings. The summed E-state index contributed by atoms with van der Waals surface area (Å²) in [5.74, 6) is 0.699. The van der Waals surface area contributed by atoms with Gasteiger partial charge in [0.1, 0.15) is 0 Å². The second-order valence-electron chi connectivity index (χ2n) is 4.38. The van der Waals surface area contributed by atoms with Crippen LogP contribution in [-0.4, -0.2) is 21.3 Å². The second-order valence-corrected chi connectivity index (χ2v) is 4.38. The first-order valence-corrected chi connectivity index (χ1v) is 5.86. The zero-order valence-corrected chi connectivity index (χ0v) is 9.35. The van der Waals surface area contributed by atoms with E-state index in [4.69, 9.17) is 11.5 Å². The maximum atomic E-state index is 11.5. The molecule has 0 spiro atoms. The summed E-state index contributed by atoms with van der Waals surface area (Å²) in [6, 6.07) is 0.160. The molecule has 1 aliphatic carbocycles. The highest BCUT2D eigenvalue weighted by atomic mass is 16.1. The lowest BCUT2D eigenvalue weighted by Gasteiger charge is -2.11. The third-order valence-electron chi connectivity index (χ3n) is 2.94. The molecule has 0 aliphatic heterocycles. The molecular weight excluding hydrogens is 206 g/mol. The first-order chi connectivity index (χ1) is 7.74. The minimum absolute atomic E-state index is 0.133. The molecule has 0 saturated heterocycles. The zero-order chi connectivity index (χ0) is 11.5. The number of aromatic nitrogens is 3. The Kier molecular flexibility index (Phi) is 3.40. The quantitative estimate of drug-likeness (QED) is 0.594. The minimum Gasteiger partial charge on any atom is -0.330 e. The lowest BCUT2D eigenvalue weighted by molar-refractivity contribution is 0.528. The first-order valence-electron chi connectivity index (χ1n) is 5.86. The largest absolute Gasteiger partial charge is 0.343 e. The van der Waals surface area contributed by atoms with Gasteiger partial charge in [-0.25, -0.2) is 9.89 Å². The van der Waals surface area contributed by atoms with Crippen LogP contribution in [-0.2, 0) is 0 Å². The van der Waals surface area contributed by atoms with Gasteiger partial charge in [0.15, 0.2) is 5.82 Å². The van der Waals surface area contributed by atoms with E-state index in [9.17, 15) is 4.79 Å². The fourth-order valence-electron chi connectivity index (χ4n) is 1.90. The molecule has 1 fully saturated rings. The Hall–Kier alpha value is -1.14. The van der Waals surface area contributed by atoms with E-state index in [1.165, 1.54) is 0 Å². The minimum atomic E-state index is -0.161. The summed E-state index contributed by atoms with van der Waals surface area (Å²) >= 11 is 0. The number of hydrogen-bond acceptors (Lipinski definition) is 4. The summed E-state index contributed by atoms with van der Waals surface area (Å²) in [5.41, 5.74) is 11.3. The fourth-order valence-corrected chi connectivity index (χ4v) is 1.90. The maximum absolute atomic E-state index is 11.5. The first kappa shape index (κ1) is 11.3. The van der Waals surface area contributed by atoms with E-state index in [1.807, 2.05) is 0 Å². The third-order valence-corrected chi connectivity index (χ3v) is 2.94. The third kappa shape index (κ3) is 2.33. The van der Waals surface area contributed by atoms with Crippen LogP contribution in [0.1, 0.15) is 50.0 Å². The van der Waals surface area contributed by atoms with E-state index in [0.717, 1.165) is 32.1 Å². The van der Waals surface area contributed by atoms with Crippen molar-refractivity contribution in [3.05, 3.63) is 16.3 Å². The van der Waals surface area contributed by atoms with Crippen molar-refractivity contribution in [3.8, 4) is 0 Å². The predicted molar refractivity (Wildman–Crippen MR) is 61.0 cm³/mol. The Bertz CT molecular complexity index is 392. The van der Waals surface area contributed by atoms with Crippen LogP contribution in [0.2, 0.25) is 0 Å². The molecule has 0 bridgehead atoms. The smallest absolute Gasteiger partial charge is 0.330 e. The highest BCUT2D eigenvalue weighted by Gasteiger charge is 2.29. The highest BCUT2D eigenvalue weighted by molar-refractivity contribution is 4.99. The Labute approximate surface area is 94.0 Å². The molecule has 1 atom stereocenters. The molecule has 2 rings (SSSR count). The van der Waals surface area contributed by atoms with Crippen LogP contribution in [0.25, 0.3) is 0 Å². The van der Waals surface area contributed by atoms with Crippen molar-refractivity contribution >= 4 is 0 Å². The Morgan fingerprint density at radius 3 is 2.88 bits per heavy atom. The number of unbranched alkanes of at least 4 members (excludes halogenated alkanes) is 1. The van der Waals surface area contributed by atoms with Gasteiger partial charge in [0.25, 0.3) is 0 Å². The molecule has 1 saturated carbocycles. The Balaban J connectivity index is 2.04. The number of rotatable bonds is 6. The Morgan fingerprint density at radius 1 is 1.50 bits per heavy atom. The lowest BCUT2D eigenvalue weighted by Crippen LogP contribution is -2.22. The summed E-state index contributed by atoms with van der Waals surface area (Å²) in [4.78, 5) is 11.5. The summed E-state index contributed by atoms with van der Waals surface area (Å²) in [6.07, 6.45) is 4.88. The molecule has 6 nitrogen and oxygen atoms in total. The van der Waals surface area contributed by atoms with Crippen molar-refractivity contribution < 1.29 is 0 Å². The van der Waals surface area contributed by atoms with Gasteiger partial charge in [-0.05, 0) is 32.2 Å². The molecular formula is C10H19N5O. The number of aromatic amines is 1. The number of nitrogens with one attached hydrogen (secondary N) is 1. The summed E-state index contributed by atoms with van der Waals surface area (Å²) in [7, 11) is 0. The number of nitrogens with two attached hydrogens (primary N) is 2. The van der Waals surface area contributed by atoms with Crippen LogP contribution in [0, 0.1) is 0 Å². The van der Waals surface area contributed by atoms with Crippen LogP contribution in [0.3, 0.4) is 0 Å². The van der Waals surface area contributed by atoms with Gasteiger partial charge in [-0.3, -0.25) is 4.57 Å². The van der Waals surface area contributed by atoms with Crippen molar-refractivity contribution in [3.63, 3.8) is 0 Å².